The molecule has 0 aliphatic carbocycles. The van der Waals surface area contributed by atoms with Gasteiger partial charge >= 0.3 is 0 Å². The van der Waals surface area contributed by atoms with Crippen LogP contribution >= 0.6 is 11.6 Å². The molecule has 4 aromatic rings. The molecule has 1 N–H and O–H groups in total. The molecule has 210 valence electrons. The molecule has 0 saturated carbocycles. The van der Waals surface area contributed by atoms with E-state index >= 15 is 0 Å². The van der Waals surface area contributed by atoms with Gasteiger partial charge in [-0.05, 0) is 78.9 Å². The molecule has 2 saturated heterocycles. The largest absolute Gasteiger partial charge is 0.463 e. The predicted molar refractivity (Wildman–Crippen MR) is 162 cm³/mol. The van der Waals surface area contributed by atoms with Crippen molar-refractivity contribution in [2.45, 2.75) is 32.5 Å². The fourth-order valence-electron chi connectivity index (χ4n) is 6.19. The van der Waals surface area contributed by atoms with E-state index in [-0.39, 0.29) is 0 Å². The van der Waals surface area contributed by atoms with Crippen LogP contribution in [0.15, 0.2) is 72.9 Å². The van der Waals surface area contributed by atoms with Crippen LogP contribution in [-0.2, 0) is 19.6 Å². The number of piperidine rings is 1. The minimum Gasteiger partial charge on any atom is -0.463 e. The number of halogens is 2. The lowest BCUT2D eigenvalue weighted by atomic mass is 9.98. The van der Waals surface area contributed by atoms with Crippen LogP contribution in [-0.4, -0.2) is 60.5 Å². The standard InChI is InChI=1S/C33H38ClFN4O/c34-32-4-2-1-3-28(32)22-38-17-15-37(16-18-38)20-26-5-10-33-30(19-26)31(27-6-8-29(9-7-27)40-24-35)23-39(33)21-25-11-13-36-14-12-25/h1-10,19,23,25,36H,11-18,20-22,24H2. The fraction of sp³-hybridized carbons (Fsp3) is 0.394. The Kier molecular flexibility index (Phi) is 8.68. The zero-order valence-corrected chi connectivity index (χ0v) is 23.8. The fourth-order valence-corrected chi connectivity index (χ4v) is 6.39. The van der Waals surface area contributed by atoms with Crippen molar-refractivity contribution >= 4 is 22.5 Å². The van der Waals surface area contributed by atoms with E-state index in [0.717, 1.165) is 69.5 Å². The van der Waals surface area contributed by atoms with Crippen molar-refractivity contribution in [3.8, 4) is 16.9 Å². The molecular weight excluding hydrogens is 523 g/mol. The summed E-state index contributed by atoms with van der Waals surface area (Å²) in [4.78, 5) is 5.05. The Hall–Kier alpha value is -2.90. The average Bonchev–Trinajstić information content (AvgIpc) is 3.34. The molecule has 6 rings (SSSR count). The van der Waals surface area contributed by atoms with Gasteiger partial charge in [0.15, 0.2) is 0 Å². The number of benzene rings is 3. The Labute approximate surface area is 241 Å². The Balaban J connectivity index is 1.20. The molecule has 0 spiro atoms. The Morgan fingerprint density at radius 3 is 2.33 bits per heavy atom. The molecule has 0 radical (unpaired) electrons. The summed E-state index contributed by atoms with van der Waals surface area (Å²) in [7, 11) is 0. The summed E-state index contributed by atoms with van der Waals surface area (Å²) in [6.07, 6.45) is 4.74. The summed E-state index contributed by atoms with van der Waals surface area (Å²) in [6.45, 7) is 8.44. The van der Waals surface area contributed by atoms with Crippen molar-refractivity contribution in [3.05, 3.63) is 89.1 Å². The molecular formula is C33H38ClFN4O. The van der Waals surface area contributed by atoms with Gasteiger partial charge in [-0.3, -0.25) is 9.80 Å². The topological polar surface area (TPSA) is 32.7 Å². The van der Waals surface area contributed by atoms with Gasteiger partial charge in [-0.15, -0.1) is 0 Å². The lowest BCUT2D eigenvalue weighted by Crippen LogP contribution is -2.45. The highest BCUT2D eigenvalue weighted by molar-refractivity contribution is 6.31. The minimum atomic E-state index is -0.813. The number of piperazine rings is 1. The Morgan fingerprint density at radius 2 is 1.60 bits per heavy atom. The maximum atomic E-state index is 12.7. The van der Waals surface area contributed by atoms with E-state index in [1.165, 1.54) is 40.4 Å². The van der Waals surface area contributed by atoms with Crippen LogP contribution in [0.25, 0.3) is 22.0 Å². The van der Waals surface area contributed by atoms with Crippen molar-refractivity contribution in [1.82, 2.24) is 19.7 Å². The maximum Gasteiger partial charge on any atom is 0.228 e. The lowest BCUT2D eigenvalue weighted by molar-refractivity contribution is 0.122. The van der Waals surface area contributed by atoms with Gasteiger partial charge in [-0.25, -0.2) is 4.39 Å². The number of aromatic nitrogens is 1. The molecule has 0 amide bonds. The van der Waals surface area contributed by atoms with Crippen molar-refractivity contribution in [2.75, 3.05) is 46.1 Å². The van der Waals surface area contributed by atoms with Crippen LogP contribution in [0.2, 0.25) is 5.02 Å². The second kappa shape index (κ2) is 12.7. The van der Waals surface area contributed by atoms with Crippen molar-refractivity contribution < 1.29 is 9.13 Å². The number of fused-ring (bicyclic) bond motifs is 1. The summed E-state index contributed by atoms with van der Waals surface area (Å²) in [5.74, 6) is 1.24. The van der Waals surface area contributed by atoms with Crippen LogP contribution in [0, 0.1) is 5.92 Å². The zero-order chi connectivity index (χ0) is 27.3. The van der Waals surface area contributed by atoms with E-state index in [0.29, 0.717) is 11.7 Å². The summed E-state index contributed by atoms with van der Waals surface area (Å²) in [6, 6.07) is 22.9. The number of ether oxygens (including phenoxy) is 1. The van der Waals surface area contributed by atoms with Crippen molar-refractivity contribution in [1.29, 1.82) is 0 Å². The first-order valence-electron chi connectivity index (χ1n) is 14.5. The van der Waals surface area contributed by atoms with Gasteiger partial charge in [0.25, 0.3) is 0 Å². The number of nitrogens with zero attached hydrogens (tertiary/aromatic N) is 3. The molecule has 40 heavy (non-hydrogen) atoms. The van der Waals surface area contributed by atoms with Gasteiger partial charge in [-0.2, -0.15) is 0 Å². The second-order valence-electron chi connectivity index (χ2n) is 11.2. The van der Waals surface area contributed by atoms with Crippen LogP contribution in [0.4, 0.5) is 4.39 Å². The molecule has 1 aromatic heterocycles. The van der Waals surface area contributed by atoms with Crippen LogP contribution in [0.5, 0.6) is 5.75 Å². The summed E-state index contributed by atoms with van der Waals surface area (Å²) >= 11 is 6.40. The predicted octanol–water partition coefficient (Wildman–Crippen LogP) is 6.58. The maximum absolute atomic E-state index is 12.7. The SMILES string of the molecule is FCOc1ccc(-c2cn(CC3CCNCC3)c3ccc(CN4CCN(Cc5ccccc5Cl)CC4)cc23)cc1. The molecule has 0 bridgehead atoms. The molecule has 5 nitrogen and oxygen atoms in total. The van der Waals surface area contributed by atoms with Crippen molar-refractivity contribution in [2.24, 2.45) is 5.92 Å². The Morgan fingerprint density at radius 1 is 0.875 bits per heavy atom. The number of nitrogens with one attached hydrogen (secondary N) is 1. The van der Waals surface area contributed by atoms with Gasteiger partial charge in [0, 0.05) is 73.5 Å². The number of alkyl halides is 1. The van der Waals surface area contributed by atoms with Gasteiger partial charge in [0.1, 0.15) is 5.75 Å². The van der Waals surface area contributed by atoms with Crippen LogP contribution < -0.4 is 10.1 Å². The zero-order valence-electron chi connectivity index (χ0n) is 23.0. The average molecular weight is 561 g/mol. The normalized spacial score (nSPS) is 17.4. The molecule has 3 heterocycles. The quantitative estimate of drug-likeness (QED) is 0.250. The highest BCUT2D eigenvalue weighted by Gasteiger charge is 2.20. The first-order valence-corrected chi connectivity index (χ1v) is 14.8. The Bertz CT molecular complexity index is 1410. The molecule has 0 atom stereocenters. The third-order valence-corrected chi connectivity index (χ3v) is 8.84. The first kappa shape index (κ1) is 27.3. The monoisotopic (exact) mass is 560 g/mol. The minimum absolute atomic E-state index is 0.555. The molecule has 7 heteroatoms. The van der Waals surface area contributed by atoms with Gasteiger partial charge < -0.3 is 14.6 Å². The lowest BCUT2D eigenvalue weighted by Gasteiger charge is -2.35. The van der Waals surface area contributed by atoms with E-state index in [1.807, 2.05) is 36.4 Å². The summed E-state index contributed by atoms with van der Waals surface area (Å²) in [5.41, 5.74) is 6.18. The summed E-state index contributed by atoms with van der Waals surface area (Å²) in [5, 5.41) is 5.62. The van der Waals surface area contributed by atoms with Crippen LogP contribution in [0.3, 0.4) is 0 Å². The molecule has 3 aromatic carbocycles. The number of hydrogen-bond acceptors (Lipinski definition) is 4. The van der Waals surface area contributed by atoms with Crippen molar-refractivity contribution in [3.63, 3.8) is 0 Å². The van der Waals surface area contributed by atoms with E-state index in [2.05, 4.69) is 56.2 Å². The van der Waals surface area contributed by atoms with Gasteiger partial charge in [0.05, 0.1) is 0 Å². The van der Waals surface area contributed by atoms with Crippen LogP contribution in [0.1, 0.15) is 24.0 Å². The van der Waals surface area contributed by atoms with E-state index in [4.69, 9.17) is 16.3 Å². The third kappa shape index (κ3) is 6.36. The summed E-state index contributed by atoms with van der Waals surface area (Å²) < 4.78 is 20.2. The highest BCUT2D eigenvalue weighted by Crippen LogP contribution is 2.34. The van der Waals surface area contributed by atoms with E-state index in [1.54, 1.807) is 0 Å². The highest BCUT2D eigenvalue weighted by atomic mass is 35.5. The molecule has 2 aliphatic heterocycles. The molecule has 2 aliphatic rings. The third-order valence-electron chi connectivity index (χ3n) is 8.47. The first-order chi connectivity index (χ1) is 19.7. The number of hydrogen-bond donors (Lipinski definition) is 1. The molecule has 0 unspecified atom stereocenters. The smallest absolute Gasteiger partial charge is 0.228 e. The second-order valence-corrected chi connectivity index (χ2v) is 11.6. The van der Waals surface area contributed by atoms with E-state index in [9.17, 15) is 4.39 Å². The molecule has 2 fully saturated rings. The van der Waals surface area contributed by atoms with Gasteiger partial charge in [-0.1, -0.05) is 48.0 Å². The number of rotatable bonds is 9. The van der Waals surface area contributed by atoms with E-state index < -0.39 is 6.86 Å². The van der Waals surface area contributed by atoms with Gasteiger partial charge in [0.2, 0.25) is 6.86 Å².